The molecule has 1 aliphatic rings. The largest absolute Gasteiger partial charge is 0.464 e. The molecule has 3 rings (SSSR count). The van der Waals surface area contributed by atoms with Gasteiger partial charge >= 0.3 is 5.97 Å². The lowest BCUT2D eigenvalue weighted by molar-refractivity contribution is -0.145. The molecule has 0 bridgehead atoms. The van der Waals surface area contributed by atoms with Crippen molar-refractivity contribution < 1.29 is 9.53 Å². The van der Waals surface area contributed by atoms with Gasteiger partial charge in [0, 0.05) is 5.92 Å². The van der Waals surface area contributed by atoms with Gasteiger partial charge in [-0.25, -0.2) is 0 Å². The molecule has 1 aliphatic heterocycles. The lowest BCUT2D eigenvalue weighted by Gasteiger charge is -2.26. The number of benzene rings is 2. The molecule has 1 heterocycles. The van der Waals surface area contributed by atoms with Crippen molar-refractivity contribution in [3.63, 3.8) is 0 Å². The Labute approximate surface area is 125 Å². The molecule has 0 N–H and O–H groups in total. The number of aryl methyl sites for hydroxylation is 1. The Kier molecular flexibility index (Phi) is 3.87. The third kappa shape index (κ3) is 3.05. The Morgan fingerprint density at radius 1 is 1.05 bits per heavy atom. The van der Waals surface area contributed by atoms with E-state index >= 15 is 0 Å². The lowest BCUT2D eigenvalue weighted by Crippen LogP contribution is -2.23. The lowest BCUT2D eigenvalue weighted by atomic mass is 9.85. The van der Waals surface area contributed by atoms with Crippen LogP contribution in [0.4, 0.5) is 0 Å². The highest BCUT2D eigenvalue weighted by Crippen LogP contribution is 2.34. The number of hydrogen-bond acceptors (Lipinski definition) is 2. The van der Waals surface area contributed by atoms with Gasteiger partial charge in [0.05, 0.1) is 6.42 Å². The molecule has 2 nitrogen and oxygen atoms in total. The van der Waals surface area contributed by atoms with Gasteiger partial charge in [-0.3, -0.25) is 4.79 Å². The summed E-state index contributed by atoms with van der Waals surface area (Å²) in [6.45, 7) is 2.54. The average molecular weight is 278 g/mol. The summed E-state index contributed by atoms with van der Waals surface area (Å²) in [5.74, 6) is 0.0196. The van der Waals surface area contributed by atoms with E-state index in [9.17, 15) is 4.79 Å². The Balaban J connectivity index is 2.00. The molecule has 0 spiro atoms. The summed E-state index contributed by atoms with van der Waals surface area (Å²) >= 11 is 0. The number of rotatable bonds is 2. The summed E-state index contributed by atoms with van der Waals surface area (Å²) < 4.78 is 5.29. The van der Waals surface area contributed by atoms with E-state index in [1.54, 1.807) is 0 Å². The zero-order valence-corrected chi connectivity index (χ0v) is 12.1. The highest BCUT2D eigenvalue weighted by molar-refractivity contribution is 5.77. The zero-order valence-electron chi connectivity index (χ0n) is 12.1. The van der Waals surface area contributed by atoms with Gasteiger partial charge in [0.1, 0.15) is 6.61 Å². The molecule has 2 heteroatoms. The zero-order chi connectivity index (χ0) is 14.7. The van der Waals surface area contributed by atoms with E-state index in [0.717, 1.165) is 11.1 Å². The summed E-state index contributed by atoms with van der Waals surface area (Å²) in [6.07, 6.45) is 2.49. The first kappa shape index (κ1) is 13.6. The van der Waals surface area contributed by atoms with Crippen molar-refractivity contribution >= 4 is 12.0 Å². The number of hydrogen-bond donors (Lipinski definition) is 0. The fourth-order valence-electron chi connectivity index (χ4n) is 2.81. The van der Waals surface area contributed by atoms with Crippen LogP contribution in [0.5, 0.6) is 0 Å². The van der Waals surface area contributed by atoms with Crippen LogP contribution in [-0.4, -0.2) is 12.6 Å². The number of esters is 1. The van der Waals surface area contributed by atoms with Crippen molar-refractivity contribution in [3.05, 3.63) is 76.9 Å². The van der Waals surface area contributed by atoms with Gasteiger partial charge in [-0.1, -0.05) is 60.7 Å². The second-order valence-electron chi connectivity index (χ2n) is 5.40. The predicted octanol–water partition coefficient (Wildman–Crippen LogP) is 4.11. The standard InChI is InChI=1S/C19H18O2/c1-14-7-5-6-10-17(14)18-13-21-19(20)12-16(18)11-15-8-3-2-4-9-15/h2-11,18H,12-13H2,1H3/b16-11+. The SMILES string of the molecule is Cc1ccccc1C1COC(=O)C/C1=C\c1ccccc1. The monoisotopic (exact) mass is 278 g/mol. The maximum absolute atomic E-state index is 11.7. The van der Waals surface area contributed by atoms with E-state index in [4.69, 9.17) is 4.74 Å². The maximum atomic E-state index is 11.7. The highest BCUT2D eigenvalue weighted by atomic mass is 16.5. The van der Waals surface area contributed by atoms with Crippen LogP contribution in [-0.2, 0) is 9.53 Å². The minimum atomic E-state index is -0.137. The highest BCUT2D eigenvalue weighted by Gasteiger charge is 2.27. The topological polar surface area (TPSA) is 26.3 Å². The fourth-order valence-corrected chi connectivity index (χ4v) is 2.81. The van der Waals surface area contributed by atoms with Gasteiger partial charge in [0.15, 0.2) is 0 Å². The Morgan fingerprint density at radius 2 is 1.76 bits per heavy atom. The third-order valence-electron chi connectivity index (χ3n) is 3.92. The minimum absolute atomic E-state index is 0.137. The molecule has 2 aromatic carbocycles. The molecule has 0 saturated carbocycles. The molecule has 0 aliphatic carbocycles. The quantitative estimate of drug-likeness (QED) is 0.773. The van der Waals surface area contributed by atoms with Gasteiger partial charge < -0.3 is 4.74 Å². The maximum Gasteiger partial charge on any atom is 0.309 e. The van der Waals surface area contributed by atoms with Crippen molar-refractivity contribution in [3.8, 4) is 0 Å². The fraction of sp³-hybridized carbons (Fsp3) is 0.211. The van der Waals surface area contributed by atoms with Gasteiger partial charge in [0.25, 0.3) is 0 Å². The smallest absolute Gasteiger partial charge is 0.309 e. The molecule has 2 aromatic rings. The van der Waals surface area contributed by atoms with Crippen molar-refractivity contribution in [2.24, 2.45) is 0 Å². The second kappa shape index (κ2) is 5.96. The number of carbonyl (C=O) groups excluding carboxylic acids is 1. The van der Waals surface area contributed by atoms with Crippen LogP contribution in [0.3, 0.4) is 0 Å². The molecule has 0 aromatic heterocycles. The molecule has 1 unspecified atom stereocenters. The molecule has 0 amide bonds. The van der Waals surface area contributed by atoms with Crippen LogP contribution >= 0.6 is 0 Å². The average Bonchev–Trinajstić information content (AvgIpc) is 2.50. The van der Waals surface area contributed by atoms with Crippen molar-refractivity contribution in [1.29, 1.82) is 0 Å². The van der Waals surface area contributed by atoms with Crippen molar-refractivity contribution in [1.82, 2.24) is 0 Å². The van der Waals surface area contributed by atoms with E-state index in [2.05, 4.69) is 37.3 Å². The van der Waals surface area contributed by atoms with Crippen LogP contribution < -0.4 is 0 Å². The Morgan fingerprint density at radius 3 is 2.52 bits per heavy atom. The molecule has 106 valence electrons. The summed E-state index contributed by atoms with van der Waals surface area (Å²) in [7, 11) is 0. The van der Waals surface area contributed by atoms with Crippen LogP contribution in [0.15, 0.2) is 60.2 Å². The van der Waals surface area contributed by atoms with E-state index in [1.165, 1.54) is 11.1 Å². The van der Waals surface area contributed by atoms with E-state index in [0.29, 0.717) is 13.0 Å². The van der Waals surface area contributed by atoms with E-state index in [-0.39, 0.29) is 11.9 Å². The van der Waals surface area contributed by atoms with Gasteiger partial charge in [0.2, 0.25) is 0 Å². The first-order chi connectivity index (χ1) is 10.2. The first-order valence-electron chi connectivity index (χ1n) is 7.21. The molecule has 1 fully saturated rings. The number of ether oxygens (including phenoxy) is 1. The van der Waals surface area contributed by atoms with Gasteiger partial charge in [-0.05, 0) is 29.2 Å². The first-order valence-corrected chi connectivity index (χ1v) is 7.21. The van der Waals surface area contributed by atoms with E-state index < -0.39 is 0 Å². The molecule has 21 heavy (non-hydrogen) atoms. The van der Waals surface area contributed by atoms with Gasteiger partial charge in [-0.2, -0.15) is 0 Å². The van der Waals surface area contributed by atoms with Crippen LogP contribution in [0, 0.1) is 6.92 Å². The van der Waals surface area contributed by atoms with Crippen molar-refractivity contribution in [2.45, 2.75) is 19.3 Å². The van der Waals surface area contributed by atoms with E-state index in [1.807, 2.05) is 30.3 Å². The minimum Gasteiger partial charge on any atom is -0.464 e. The number of cyclic esters (lactones) is 1. The normalized spacial score (nSPS) is 20.3. The van der Waals surface area contributed by atoms with Crippen LogP contribution in [0.25, 0.3) is 6.08 Å². The molecule has 0 radical (unpaired) electrons. The van der Waals surface area contributed by atoms with Crippen LogP contribution in [0.2, 0.25) is 0 Å². The molecule has 1 atom stereocenters. The van der Waals surface area contributed by atoms with Gasteiger partial charge in [-0.15, -0.1) is 0 Å². The summed E-state index contributed by atoms with van der Waals surface area (Å²) in [4.78, 5) is 11.7. The molecular weight excluding hydrogens is 260 g/mol. The Bertz CT molecular complexity index is 671. The number of carbonyl (C=O) groups is 1. The molecule has 1 saturated heterocycles. The summed E-state index contributed by atoms with van der Waals surface area (Å²) in [5, 5.41) is 0. The Hall–Kier alpha value is -2.35. The molecular formula is C19H18O2. The van der Waals surface area contributed by atoms with Crippen molar-refractivity contribution in [2.75, 3.05) is 6.61 Å². The summed E-state index contributed by atoms with van der Waals surface area (Å²) in [5.41, 5.74) is 4.74. The third-order valence-corrected chi connectivity index (χ3v) is 3.92. The van der Waals surface area contributed by atoms with Crippen LogP contribution in [0.1, 0.15) is 29.0 Å². The summed E-state index contributed by atoms with van der Waals surface area (Å²) in [6, 6.07) is 18.4. The predicted molar refractivity (Wildman–Crippen MR) is 83.9 cm³/mol. The second-order valence-corrected chi connectivity index (χ2v) is 5.40.